The quantitative estimate of drug-likeness (QED) is 0.294. The fourth-order valence-corrected chi connectivity index (χ4v) is 3.00. The summed E-state index contributed by atoms with van der Waals surface area (Å²) in [6, 6.07) is 4.47. The molecule has 1 saturated heterocycles. The van der Waals surface area contributed by atoms with Gasteiger partial charge < -0.3 is 19.1 Å². The minimum absolute atomic E-state index is 0.107. The molecular weight excluding hydrogens is 444 g/mol. The Morgan fingerprint density at radius 2 is 1.53 bits per heavy atom. The van der Waals surface area contributed by atoms with Gasteiger partial charge in [-0.1, -0.05) is 0 Å². The molecule has 2 rings (SSSR count). The summed E-state index contributed by atoms with van der Waals surface area (Å²) in [7, 11) is 1.24. The number of carbonyl (C=O) groups excluding carboxylic acids is 4. The summed E-state index contributed by atoms with van der Waals surface area (Å²) in [5.41, 5.74) is -0.881. The lowest BCUT2D eigenvalue weighted by Crippen LogP contribution is -2.47. The van der Waals surface area contributed by atoms with Crippen LogP contribution in [0.1, 0.15) is 64.7 Å². The zero-order chi connectivity index (χ0) is 25.7. The van der Waals surface area contributed by atoms with E-state index in [0.29, 0.717) is 25.1 Å². The number of rotatable bonds is 3. The molecule has 3 amide bonds. The molecule has 0 aliphatic carbocycles. The minimum atomic E-state index is -0.870. The number of amides is 3. The number of aliphatic imine (C=N–C) groups is 1. The molecule has 1 heterocycles. The highest BCUT2D eigenvalue weighted by Crippen LogP contribution is 2.33. The van der Waals surface area contributed by atoms with Gasteiger partial charge in [-0.05, 0) is 66.2 Å². The van der Waals surface area contributed by atoms with Crippen molar-refractivity contribution in [2.75, 3.05) is 18.6 Å². The number of ether oxygens (including phenoxy) is 3. The van der Waals surface area contributed by atoms with Crippen molar-refractivity contribution in [1.29, 1.82) is 0 Å². The number of benzene rings is 1. The molecule has 0 spiro atoms. The van der Waals surface area contributed by atoms with Gasteiger partial charge in [0.1, 0.15) is 11.2 Å². The topological polar surface area (TPSA) is 136 Å². The molecule has 0 radical (unpaired) electrons. The average molecular weight is 477 g/mol. The van der Waals surface area contributed by atoms with Crippen LogP contribution in [0.15, 0.2) is 23.2 Å². The summed E-state index contributed by atoms with van der Waals surface area (Å²) in [6.45, 7) is 10.6. The van der Waals surface area contributed by atoms with E-state index in [-0.39, 0.29) is 23.1 Å². The van der Waals surface area contributed by atoms with E-state index in [2.05, 4.69) is 15.6 Å². The fraction of sp³-hybridized carbons (Fsp3) is 0.522. The number of alkyl carbamates (subject to hydrolysis) is 2. The van der Waals surface area contributed by atoms with Crippen LogP contribution in [0.25, 0.3) is 0 Å². The highest BCUT2D eigenvalue weighted by molar-refractivity contribution is 6.05. The summed E-state index contributed by atoms with van der Waals surface area (Å²) in [5.74, 6) is -1.03. The van der Waals surface area contributed by atoms with Crippen LogP contribution in [0.5, 0.6) is 0 Å². The third-order valence-electron chi connectivity index (χ3n) is 4.23. The zero-order valence-electron chi connectivity index (χ0n) is 20.6. The van der Waals surface area contributed by atoms with Gasteiger partial charge in [0.2, 0.25) is 11.9 Å². The van der Waals surface area contributed by atoms with Crippen LogP contribution in [-0.4, -0.2) is 54.9 Å². The molecule has 1 aliphatic heterocycles. The first-order valence-electron chi connectivity index (χ1n) is 10.8. The van der Waals surface area contributed by atoms with E-state index >= 15 is 0 Å². The van der Waals surface area contributed by atoms with Crippen molar-refractivity contribution in [2.45, 2.75) is 65.6 Å². The van der Waals surface area contributed by atoms with Crippen LogP contribution in [0.3, 0.4) is 0 Å². The molecule has 0 unspecified atom stereocenters. The normalized spacial score (nSPS) is 13.7. The number of carbonyl (C=O) groups is 4. The summed E-state index contributed by atoms with van der Waals surface area (Å²) in [6.07, 6.45) is -0.698. The van der Waals surface area contributed by atoms with Gasteiger partial charge >= 0.3 is 18.2 Å². The van der Waals surface area contributed by atoms with Gasteiger partial charge in [0.25, 0.3) is 0 Å². The fourth-order valence-electron chi connectivity index (χ4n) is 3.00. The van der Waals surface area contributed by atoms with E-state index in [0.717, 1.165) is 0 Å². The first-order chi connectivity index (χ1) is 15.7. The Bertz CT molecular complexity index is 958. The summed E-state index contributed by atoms with van der Waals surface area (Å²) in [5, 5.41) is 4.78. The lowest BCUT2D eigenvalue weighted by molar-refractivity contribution is -0.117. The van der Waals surface area contributed by atoms with E-state index in [1.807, 2.05) is 0 Å². The first kappa shape index (κ1) is 26.6. The number of nitrogens with one attached hydrogen (secondary N) is 2. The van der Waals surface area contributed by atoms with Crippen molar-refractivity contribution in [2.24, 2.45) is 4.99 Å². The van der Waals surface area contributed by atoms with Crippen LogP contribution < -0.4 is 15.5 Å². The summed E-state index contributed by atoms with van der Waals surface area (Å²) >= 11 is 0. The van der Waals surface area contributed by atoms with Crippen LogP contribution in [-0.2, 0) is 19.0 Å². The molecule has 1 aliphatic rings. The van der Waals surface area contributed by atoms with Gasteiger partial charge in [-0.25, -0.2) is 19.4 Å². The van der Waals surface area contributed by atoms with Crippen molar-refractivity contribution in [3.63, 3.8) is 0 Å². The highest BCUT2D eigenvalue weighted by Gasteiger charge is 2.26. The van der Waals surface area contributed by atoms with E-state index in [1.54, 1.807) is 47.6 Å². The predicted molar refractivity (Wildman–Crippen MR) is 125 cm³/mol. The van der Waals surface area contributed by atoms with E-state index in [4.69, 9.17) is 14.2 Å². The van der Waals surface area contributed by atoms with Crippen molar-refractivity contribution in [1.82, 2.24) is 10.6 Å². The maximum atomic E-state index is 12.4. The van der Waals surface area contributed by atoms with Crippen molar-refractivity contribution < 1.29 is 33.4 Å². The molecule has 1 fully saturated rings. The molecule has 1 aromatic rings. The van der Waals surface area contributed by atoms with Crippen molar-refractivity contribution in [3.05, 3.63) is 23.8 Å². The van der Waals surface area contributed by atoms with Gasteiger partial charge in [-0.2, -0.15) is 0 Å². The number of esters is 1. The van der Waals surface area contributed by atoms with Gasteiger partial charge in [0.05, 0.1) is 24.0 Å². The molecule has 34 heavy (non-hydrogen) atoms. The Balaban J connectivity index is 2.52. The Kier molecular flexibility index (Phi) is 8.25. The van der Waals surface area contributed by atoms with E-state index in [9.17, 15) is 19.2 Å². The summed E-state index contributed by atoms with van der Waals surface area (Å²) < 4.78 is 15.3. The Morgan fingerprint density at radius 1 is 0.971 bits per heavy atom. The van der Waals surface area contributed by atoms with Crippen molar-refractivity contribution in [3.8, 4) is 0 Å². The number of nitrogens with zero attached hydrogens (tertiary/aromatic N) is 2. The zero-order valence-corrected chi connectivity index (χ0v) is 20.6. The second-order valence-corrected chi connectivity index (χ2v) is 9.56. The van der Waals surface area contributed by atoms with Crippen LogP contribution in [0.2, 0.25) is 0 Å². The van der Waals surface area contributed by atoms with Crippen LogP contribution in [0.4, 0.5) is 21.0 Å². The average Bonchev–Trinajstić information content (AvgIpc) is 3.09. The van der Waals surface area contributed by atoms with Gasteiger partial charge in [0, 0.05) is 13.0 Å². The smallest absolute Gasteiger partial charge is 0.414 e. The first-order valence-corrected chi connectivity index (χ1v) is 10.8. The lowest BCUT2D eigenvalue weighted by atomic mass is 10.1. The molecule has 1 aromatic carbocycles. The van der Waals surface area contributed by atoms with Gasteiger partial charge in [-0.15, -0.1) is 0 Å². The highest BCUT2D eigenvalue weighted by atomic mass is 16.6. The Hall–Kier alpha value is -3.63. The van der Waals surface area contributed by atoms with Gasteiger partial charge in [0.15, 0.2) is 0 Å². The van der Waals surface area contributed by atoms with Gasteiger partial charge in [-0.3, -0.25) is 15.4 Å². The molecule has 11 heteroatoms. The lowest BCUT2D eigenvalue weighted by Gasteiger charge is -2.23. The maximum Gasteiger partial charge on any atom is 0.414 e. The standard InChI is InChI=1S/C23H32N4O7/c1-22(2,3)33-20(30)25-19(26-21(31)34-23(4,5)6)24-15-13-14(18(29)32-7)10-11-16(15)27-12-8-9-17(27)28/h10-11,13H,8-9,12H2,1-7H3,(H2,24,25,26,30,31). The molecule has 0 bridgehead atoms. The molecular formula is C23H32N4O7. The molecule has 0 atom stereocenters. The number of anilines is 1. The molecule has 2 N–H and O–H groups in total. The number of guanidine groups is 1. The number of hydrogen-bond acceptors (Lipinski definition) is 8. The van der Waals surface area contributed by atoms with Crippen LogP contribution >= 0.6 is 0 Å². The number of methoxy groups -OCH3 is 1. The molecule has 11 nitrogen and oxygen atoms in total. The van der Waals surface area contributed by atoms with E-state index < -0.39 is 29.4 Å². The van der Waals surface area contributed by atoms with Crippen molar-refractivity contribution >= 4 is 41.4 Å². The maximum absolute atomic E-state index is 12.4. The summed E-state index contributed by atoms with van der Waals surface area (Å²) in [4.78, 5) is 55.1. The Labute approximate surface area is 198 Å². The monoisotopic (exact) mass is 476 g/mol. The Morgan fingerprint density at radius 3 is 1.97 bits per heavy atom. The molecule has 0 aromatic heterocycles. The van der Waals surface area contributed by atoms with E-state index in [1.165, 1.54) is 24.1 Å². The third kappa shape index (κ3) is 8.05. The number of hydrogen-bond donors (Lipinski definition) is 2. The SMILES string of the molecule is COC(=O)c1ccc(N2CCCC2=O)c(N=C(NC(=O)OC(C)(C)C)NC(=O)OC(C)(C)C)c1. The largest absolute Gasteiger partial charge is 0.465 e. The predicted octanol–water partition coefficient (Wildman–Crippen LogP) is 3.64. The second kappa shape index (κ2) is 10.5. The van der Waals surface area contributed by atoms with Crippen LogP contribution in [0, 0.1) is 0 Å². The molecule has 0 saturated carbocycles. The minimum Gasteiger partial charge on any atom is -0.465 e. The second-order valence-electron chi connectivity index (χ2n) is 9.56. The third-order valence-corrected chi connectivity index (χ3v) is 4.23. The molecule has 186 valence electrons.